The quantitative estimate of drug-likeness (QED) is 0.0351. The van der Waals surface area contributed by atoms with E-state index in [0.29, 0.717) is 13.2 Å². The molecule has 1 atom stereocenters. The third-order valence-electron chi connectivity index (χ3n) is 8.63. The molecule has 0 bridgehead atoms. The first-order chi connectivity index (χ1) is 19.8. The van der Waals surface area contributed by atoms with Crippen molar-refractivity contribution in [1.29, 1.82) is 0 Å². The van der Waals surface area contributed by atoms with Gasteiger partial charge in [0.05, 0.1) is 13.2 Å². The van der Waals surface area contributed by atoms with Crippen LogP contribution in [0.3, 0.4) is 0 Å². The molecule has 0 saturated carbocycles. The van der Waals surface area contributed by atoms with Crippen molar-refractivity contribution in [2.45, 2.75) is 200 Å². The molecule has 0 saturated heterocycles. The van der Waals surface area contributed by atoms with E-state index >= 15 is 0 Å². The second kappa shape index (κ2) is 34.8. The molecule has 40 heavy (non-hydrogen) atoms. The van der Waals surface area contributed by atoms with Gasteiger partial charge in [-0.3, -0.25) is 10.5 Å². The smallest absolute Gasteiger partial charge is 0.0819 e. The highest BCUT2D eigenvalue weighted by Gasteiger charge is 2.14. The molecule has 0 aromatic heterocycles. The lowest BCUT2D eigenvalue weighted by Crippen LogP contribution is -2.06. The first kappa shape index (κ1) is 39.6. The van der Waals surface area contributed by atoms with Crippen LogP contribution in [0.2, 0.25) is 0 Å². The molecule has 0 radical (unpaired) electrons. The van der Waals surface area contributed by atoms with Gasteiger partial charge < -0.3 is 0 Å². The zero-order valence-electron chi connectivity index (χ0n) is 27.3. The topological polar surface area (TPSA) is 58.9 Å². The largest absolute Gasteiger partial charge is 0.252 e. The van der Waals surface area contributed by atoms with Crippen LogP contribution >= 0.6 is 0 Å². The summed E-state index contributed by atoms with van der Waals surface area (Å²) in [5.74, 6) is 0.792. The Morgan fingerprint density at radius 2 is 0.850 bits per heavy atom. The molecular weight excluding hydrogens is 496 g/mol. The summed E-state index contributed by atoms with van der Waals surface area (Å²) in [7, 11) is 0. The molecule has 0 fully saturated rings. The SMILES string of the molecule is CCCCCCCCC=C(CCCCCCCCOO)C(CCCCCCCCC)CCCCCCCCOO. The molecule has 1 unspecified atom stereocenters. The lowest BCUT2D eigenvalue weighted by Gasteiger charge is -2.22. The standard InChI is InChI=1S/C36H72O4/c1-3-5-7-9-11-17-23-29-35(31-25-19-13-15-21-27-33-39-37)36(30-24-18-12-10-8-6-4-2)32-26-20-14-16-22-28-34-40-38/h29,36-38H,3-28,30-34H2,1-2H3. The Morgan fingerprint density at radius 3 is 1.30 bits per heavy atom. The normalized spacial score (nSPS) is 12.8. The van der Waals surface area contributed by atoms with E-state index in [1.807, 2.05) is 0 Å². The average molecular weight is 569 g/mol. The van der Waals surface area contributed by atoms with Crippen molar-refractivity contribution in [3.8, 4) is 0 Å². The molecule has 0 aromatic rings. The molecular formula is C36H72O4. The molecule has 0 aromatic carbocycles. The summed E-state index contributed by atoms with van der Waals surface area (Å²) in [5, 5.41) is 17.0. The first-order valence-corrected chi connectivity index (χ1v) is 18.0. The van der Waals surface area contributed by atoms with E-state index < -0.39 is 0 Å². The Bertz CT molecular complexity index is 493. The molecule has 2 N–H and O–H groups in total. The fourth-order valence-electron chi connectivity index (χ4n) is 6.02. The number of hydrogen-bond acceptors (Lipinski definition) is 4. The van der Waals surface area contributed by atoms with Crippen LogP contribution in [0.25, 0.3) is 0 Å². The van der Waals surface area contributed by atoms with Crippen molar-refractivity contribution in [1.82, 2.24) is 0 Å². The Hall–Kier alpha value is -0.420. The minimum Gasteiger partial charge on any atom is -0.252 e. The Morgan fingerprint density at radius 1 is 0.475 bits per heavy atom. The summed E-state index contributed by atoms with van der Waals surface area (Å²) < 4.78 is 0. The van der Waals surface area contributed by atoms with Crippen LogP contribution in [0.4, 0.5) is 0 Å². The van der Waals surface area contributed by atoms with Crippen LogP contribution in [0.5, 0.6) is 0 Å². The van der Waals surface area contributed by atoms with Gasteiger partial charge in [-0.05, 0) is 57.3 Å². The second-order valence-electron chi connectivity index (χ2n) is 12.4. The lowest BCUT2D eigenvalue weighted by molar-refractivity contribution is -0.242. The maximum absolute atomic E-state index is 8.51. The minimum absolute atomic E-state index is 0.475. The van der Waals surface area contributed by atoms with Gasteiger partial charge in [-0.15, -0.1) is 0 Å². The summed E-state index contributed by atoms with van der Waals surface area (Å²) in [4.78, 5) is 8.43. The summed E-state index contributed by atoms with van der Waals surface area (Å²) in [6, 6.07) is 0. The Labute approximate surface area is 250 Å². The predicted molar refractivity (Wildman–Crippen MR) is 174 cm³/mol. The first-order valence-electron chi connectivity index (χ1n) is 18.0. The van der Waals surface area contributed by atoms with Crippen LogP contribution < -0.4 is 0 Å². The molecule has 0 aliphatic rings. The van der Waals surface area contributed by atoms with Gasteiger partial charge in [-0.25, -0.2) is 9.78 Å². The summed E-state index contributed by atoms with van der Waals surface area (Å²) >= 11 is 0. The molecule has 0 aliphatic carbocycles. The summed E-state index contributed by atoms with van der Waals surface area (Å²) in [6.07, 6.45) is 40.9. The van der Waals surface area contributed by atoms with E-state index in [4.69, 9.17) is 10.5 Å². The fourth-order valence-corrected chi connectivity index (χ4v) is 6.02. The van der Waals surface area contributed by atoms with E-state index in [2.05, 4.69) is 29.7 Å². The average Bonchev–Trinajstić information content (AvgIpc) is 2.96. The second-order valence-corrected chi connectivity index (χ2v) is 12.4. The van der Waals surface area contributed by atoms with Crippen molar-refractivity contribution in [3.05, 3.63) is 11.6 Å². The zero-order valence-corrected chi connectivity index (χ0v) is 27.3. The third kappa shape index (κ3) is 29.1. The van der Waals surface area contributed by atoms with Gasteiger partial charge in [0.25, 0.3) is 0 Å². The lowest BCUT2D eigenvalue weighted by atomic mass is 9.84. The zero-order chi connectivity index (χ0) is 29.2. The molecule has 0 heterocycles. The monoisotopic (exact) mass is 569 g/mol. The van der Waals surface area contributed by atoms with Crippen molar-refractivity contribution in [3.63, 3.8) is 0 Å². The highest BCUT2D eigenvalue weighted by Crippen LogP contribution is 2.30. The van der Waals surface area contributed by atoms with Crippen LogP contribution in [0, 0.1) is 5.92 Å². The minimum atomic E-state index is 0.475. The summed E-state index contributed by atoms with van der Waals surface area (Å²) in [5.41, 5.74) is 1.80. The third-order valence-corrected chi connectivity index (χ3v) is 8.63. The van der Waals surface area contributed by atoms with Crippen molar-refractivity contribution >= 4 is 0 Å². The van der Waals surface area contributed by atoms with Crippen LogP contribution in [0.15, 0.2) is 11.6 Å². The van der Waals surface area contributed by atoms with E-state index in [1.54, 1.807) is 5.57 Å². The van der Waals surface area contributed by atoms with Crippen molar-refractivity contribution in [2.24, 2.45) is 5.92 Å². The molecule has 0 aliphatic heterocycles. The molecule has 4 heteroatoms. The molecule has 0 rings (SSSR count). The van der Waals surface area contributed by atoms with E-state index in [9.17, 15) is 0 Å². The number of allylic oxidation sites excluding steroid dienone is 2. The van der Waals surface area contributed by atoms with Crippen LogP contribution in [-0.2, 0) is 9.78 Å². The highest BCUT2D eigenvalue weighted by molar-refractivity contribution is 5.07. The van der Waals surface area contributed by atoms with Gasteiger partial charge in [0.15, 0.2) is 0 Å². The maximum Gasteiger partial charge on any atom is 0.0819 e. The molecule has 4 nitrogen and oxygen atoms in total. The van der Waals surface area contributed by atoms with Gasteiger partial charge in [0.1, 0.15) is 0 Å². The van der Waals surface area contributed by atoms with E-state index in [1.165, 1.54) is 167 Å². The molecule has 0 spiro atoms. The van der Waals surface area contributed by atoms with Gasteiger partial charge in [0.2, 0.25) is 0 Å². The Kier molecular flexibility index (Phi) is 34.4. The van der Waals surface area contributed by atoms with Gasteiger partial charge in [-0.2, -0.15) is 0 Å². The van der Waals surface area contributed by atoms with Crippen LogP contribution in [-0.4, -0.2) is 23.7 Å². The Balaban J connectivity index is 4.83. The van der Waals surface area contributed by atoms with E-state index in [0.717, 1.165) is 25.2 Å². The number of unbranched alkanes of at least 4 members (excludes halogenated alkanes) is 22. The van der Waals surface area contributed by atoms with E-state index in [-0.39, 0.29) is 0 Å². The summed E-state index contributed by atoms with van der Waals surface area (Å²) in [6.45, 7) is 5.56. The van der Waals surface area contributed by atoms with Gasteiger partial charge in [0, 0.05) is 0 Å². The maximum atomic E-state index is 8.51. The fraction of sp³-hybridized carbons (Fsp3) is 0.944. The highest BCUT2D eigenvalue weighted by atomic mass is 17.1. The van der Waals surface area contributed by atoms with Crippen molar-refractivity contribution in [2.75, 3.05) is 13.2 Å². The molecule has 240 valence electrons. The van der Waals surface area contributed by atoms with Gasteiger partial charge >= 0.3 is 0 Å². The van der Waals surface area contributed by atoms with Gasteiger partial charge in [-0.1, -0.05) is 160 Å². The van der Waals surface area contributed by atoms with Crippen molar-refractivity contribution < 1.29 is 20.3 Å². The predicted octanol–water partition coefficient (Wildman–Crippen LogP) is 12.9. The number of hydrogen-bond donors (Lipinski definition) is 2. The number of rotatable bonds is 34. The molecule has 0 amide bonds. The van der Waals surface area contributed by atoms with Crippen LogP contribution in [0.1, 0.15) is 200 Å².